The summed E-state index contributed by atoms with van der Waals surface area (Å²) in [5, 5.41) is 10.4. The van der Waals surface area contributed by atoms with Crippen LogP contribution in [0.3, 0.4) is 0 Å². The van der Waals surface area contributed by atoms with Crippen LogP contribution in [0.1, 0.15) is 17.1 Å². The van der Waals surface area contributed by atoms with E-state index in [9.17, 15) is 4.79 Å². The van der Waals surface area contributed by atoms with Gasteiger partial charge in [-0.25, -0.2) is 9.67 Å². The topological polar surface area (TPSA) is 69.0 Å². The van der Waals surface area contributed by atoms with E-state index in [1.165, 1.54) is 11.3 Å². The molecule has 0 atom stereocenters. The van der Waals surface area contributed by atoms with Crippen LogP contribution in [0.5, 0.6) is 5.75 Å². The molecule has 1 amide bonds. The SMILES string of the molecule is COc1cccc(NC(=O)Cc2csc(-n3nc(C)c(Cl)c3C)n2)c1. The van der Waals surface area contributed by atoms with E-state index < -0.39 is 0 Å². The summed E-state index contributed by atoms with van der Waals surface area (Å²) in [4.78, 5) is 16.7. The van der Waals surface area contributed by atoms with E-state index >= 15 is 0 Å². The average Bonchev–Trinajstić information content (AvgIpc) is 3.15. The molecule has 0 aliphatic heterocycles. The number of halogens is 1. The maximum absolute atomic E-state index is 12.2. The lowest BCUT2D eigenvalue weighted by Crippen LogP contribution is -2.14. The van der Waals surface area contributed by atoms with Gasteiger partial charge in [-0.05, 0) is 26.0 Å². The van der Waals surface area contributed by atoms with Gasteiger partial charge in [-0.1, -0.05) is 17.7 Å². The monoisotopic (exact) mass is 376 g/mol. The van der Waals surface area contributed by atoms with Crippen molar-refractivity contribution in [2.45, 2.75) is 20.3 Å². The summed E-state index contributed by atoms with van der Waals surface area (Å²) in [7, 11) is 1.59. The van der Waals surface area contributed by atoms with E-state index in [0.717, 1.165) is 11.4 Å². The lowest BCUT2D eigenvalue weighted by Gasteiger charge is -2.06. The lowest BCUT2D eigenvalue weighted by molar-refractivity contribution is -0.115. The van der Waals surface area contributed by atoms with Crippen molar-refractivity contribution in [3.05, 3.63) is 51.7 Å². The van der Waals surface area contributed by atoms with Crippen molar-refractivity contribution < 1.29 is 9.53 Å². The zero-order chi connectivity index (χ0) is 18.0. The molecule has 3 aromatic rings. The largest absolute Gasteiger partial charge is 0.497 e. The molecular weight excluding hydrogens is 360 g/mol. The number of thiazole rings is 1. The first kappa shape index (κ1) is 17.4. The minimum atomic E-state index is -0.142. The number of aryl methyl sites for hydroxylation is 1. The lowest BCUT2D eigenvalue weighted by atomic mass is 10.2. The van der Waals surface area contributed by atoms with Crippen LogP contribution in [-0.4, -0.2) is 27.8 Å². The van der Waals surface area contributed by atoms with E-state index in [1.54, 1.807) is 17.9 Å². The van der Waals surface area contributed by atoms with Crippen molar-refractivity contribution in [2.24, 2.45) is 0 Å². The van der Waals surface area contributed by atoms with E-state index in [4.69, 9.17) is 16.3 Å². The van der Waals surface area contributed by atoms with Crippen LogP contribution in [0, 0.1) is 13.8 Å². The van der Waals surface area contributed by atoms with Gasteiger partial charge in [0.2, 0.25) is 11.0 Å². The van der Waals surface area contributed by atoms with Crippen LogP contribution < -0.4 is 10.1 Å². The van der Waals surface area contributed by atoms with Crippen LogP contribution in [0.2, 0.25) is 5.02 Å². The number of carbonyl (C=O) groups excluding carboxylic acids is 1. The zero-order valence-electron chi connectivity index (χ0n) is 14.0. The molecular formula is C17H17ClN4O2S. The van der Waals surface area contributed by atoms with Crippen LogP contribution in [0.15, 0.2) is 29.6 Å². The molecule has 1 N–H and O–H groups in total. The third-order valence-corrected chi connectivity index (χ3v) is 5.03. The van der Waals surface area contributed by atoms with Crippen molar-refractivity contribution in [2.75, 3.05) is 12.4 Å². The minimum Gasteiger partial charge on any atom is -0.497 e. The number of ether oxygens (including phenoxy) is 1. The average molecular weight is 377 g/mol. The Labute approximate surface area is 154 Å². The number of benzene rings is 1. The van der Waals surface area contributed by atoms with Gasteiger partial charge in [0, 0.05) is 17.1 Å². The summed E-state index contributed by atoms with van der Waals surface area (Å²) in [6, 6.07) is 7.22. The molecule has 2 heterocycles. The smallest absolute Gasteiger partial charge is 0.230 e. The molecule has 0 bridgehead atoms. The summed E-state index contributed by atoms with van der Waals surface area (Å²) < 4.78 is 6.85. The first-order valence-corrected chi connectivity index (χ1v) is 8.84. The van der Waals surface area contributed by atoms with Crippen LogP contribution >= 0.6 is 22.9 Å². The van der Waals surface area contributed by atoms with E-state index in [1.807, 2.05) is 37.4 Å². The molecule has 0 spiro atoms. The number of nitrogens with zero attached hydrogens (tertiary/aromatic N) is 3. The molecule has 0 saturated carbocycles. The Balaban J connectivity index is 1.70. The Bertz CT molecular complexity index is 919. The number of amides is 1. The second kappa shape index (κ2) is 7.25. The molecule has 0 fully saturated rings. The molecule has 130 valence electrons. The molecule has 2 aromatic heterocycles. The number of nitrogens with one attached hydrogen (secondary N) is 1. The van der Waals surface area contributed by atoms with Gasteiger partial charge < -0.3 is 10.1 Å². The van der Waals surface area contributed by atoms with Crippen molar-refractivity contribution >= 4 is 34.5 Å². The third-order valence-electron chi connectivity index (χ3n) is 3.62. The number of hydrogen-bond donors (Lipinski definition) is 1. The predicted octanol–water partition coefficient (Wildman–Crippen LogP) is 3.79. The highest BCUT2D eigenvalue weighted by molar-refractivity contribution is 7.12. The number of methoxy groups -OCH3 is 1. The molecule has 0 aliphatic carbocycles. The normalized spacial score (nSPS) is 10.7. The molecule has 6 nitrogen and oxygen atoms in total. The van der Waals surface area contributed by atoms with Crippen molar-refractivity contribution in [3.8, 4) is 10.9 Å². The second-order valence-corrected chi connectivity index (χ2v) is 6.69. The van der Waals surface area contributed by atoms with Gasteiger partial charge >= 0.3 is 0 Å². The van der Waals surface area contributed by atoms with Gasteiger partial charge in [0.05, 0.1) is 35.6 Å². The first-order chi connectivity index (χ1) is 12.0. The number of hydrogen-bond acceptors (Lipinski definition) is 5. The van der Waals surface area contributed by atoms with E-state index in [-0.39, 0.29) is 12.3 Å². The van der Waals surface area contributed by atoms with Gasteiger partial charge in [0.25, 0.3) is 0 Å². The molecule has 0 unspecified atom stereocenters. The van der Waals surface area contributed by atoms with Crippen molar-refractivity contribution in [3.63, 3.8) is 0 Å². The fourth-order valence-electron chi connectivity index (χ4n) is 2.36. The zero-order valence-corrected chi connectivity index (χ0v) is 15.6. The fraction of sp³-hybridized carbons (Fsp3) is 0.235. The predicted molar refractivity (Wildman–Crippen MR) is 99.0 cm³/mol. The molecule has 3 rings (SSSR count). The number of carbonyl (C=O) groups is 1. The highest BCUT2D eigenvalue weighted by Crippen LogP contribution is 2.24. The quantitative estimate of drug-likeness (QED) is 0.735. The second-order valence-electron chi connectivity index (χ2n) is 5.47. The Hall–Kier alpha value is -2.38. The van der Waals surface area contributed by atoms with E-state index in [0.29, 0.717) is 27.3 Å². The minimum absolute atomic E-state index is 0.142. The van der Waals surface area contributed by atoms with E-state index in [2.05, 4.69) is 15.4 Å². The van der Waals surface area contributed by atoms with Gasteiger partial charge in [0.15, 0.2) is 0 Å². The standard InChI is InChI=1S/C17H17ClN4O2S/c1-10-16(18)11(2)22(21-10)17-20-13(9-25-17)8-15(23)19-12-5-4-6-14(7-12)24-3/h4-7,9H,8H2,1-3H3,(H,19,23). The third kappa shape index (κ3) is 3.83. The summed E-state index contributed by atoms with van der Waals surface area (Å²) in [5.41, 5.74) is 2.96. The highest BCUT2D eigenvalue weighted by atomic mass is 35.5. The van der Waals surface area contributed by atoms with Crippen LogP contribution in [-0.2, 0) is 11.2 Å². The van der Waals surface area contributed by atoms with Crippen LogP contribution in [0.4, 0.5) is 5.69 Å². The van der Waals surface area contributed by atoms with Crippen LogP contribution in [0.25, 0.3) is 5.13 Å². The highest BCUT2D eigenvalue weighted by Gasteiger charge is 2.15. The Kier molecular flexibility index (Phi) is 5.06. The first-order valence-electron chi connectivity index (χ1n) is 7.58. The molecule has 25 heavy (non-hydrogen) atoms. The number of rotatable bonds is 5. The molecule has 0 radical (unpaired) electrons. The molecule has 0 saturated heterocycles. The fourth-order valence-corrected chi connectivity index (χ4v) is 3.30. The summed E-state index contributed by atoms with van der Waals surface area (Å²) >= 11 is 7.60. The van der Waals surface area contributed by atoms with Crippen molar-refractivity contribution in [1.29, 1.82) is 0 Å². The van der Waals surface area contributed by atoms with Gasteiger partial charge in [-0.2, -0.15) is 5.10 Å². The van der Waals surface area contributed by atoms with Gasteiger partial charge in [0.1, 0.15) is 5.75 Å². The molecule has 1 aromatic carbocycles. The van der Waals surface area contributed by atoms with Gasteiger partial charge in [-0.15, -0.1) is 11.3 Å². The maximum Gasteiger partial charge on any atom is 0.230 e. The summed E-state index contributed by atoms with van der Waals surface area (Å²) in [6.07, 6.45) is 0.181. The summed E-state index contributed by atoms with van der Waals surface area (Å²) in [5.74, 6) is 0.548. The van der Waals surface area contributed by atoms with Crippen molar-refractivity contribution in [1.82, 2.24) is 14.8 Å². The summed E-state index contributed by atoms with van der Waals surface area (Å²) in [6.45, 7) is 3.74. The van der Waals surface area contributed by atoms with Gasteiger partial charge in [-0.3, -0.25) is 4.79 Å². The Morgan fingerprint density at radius 3 is 2.88 bits per heavy atom. The number of aromatic nitrogens is 3. The molecule has 0 aliphatic rings. The Morgan fingerprint density at radius 1 is 1.40 bits per heavy atom. The molecule has 8 heteroatoms. The Morgan fingerprint density at radius 2 is 2.20 bits per heavy atom. The maximum atomic E-state index is 12.2. The number of anilines is 1.